The molecule has 1 aromatic carbocycles. The van der Waals surface area contributed by atoms with Crippen LogP contribution in [-0.4, -0.2) is 17.3 Å². The van der Waals surface area contributed by atoms with Crippen LogP contribution in [0.25, 0.3) is 10.9 Å². The summed E-state index contributed by atoms with van der Waals surface area (Å²) in [5.74, 6) is 0.676. The zero-order valence-electron chi connectivity index (χ0n) is 12.8. The van der Waals surface area contributed by atoms with Crippen molar-refractivity contribution in [2.75, 3.05) is 11.9 Å². The number of fused-ring (bicyclic) bond motifs is 1. The normalized spacial score (nSPS) is 16.9. The number of nitrogens with zero attached hydrogens (tertiary/aromatic N) is 1. The van der Waals surface area contributed by atoms with Gasteiger partial charge in [-0.25, -0.2) is 0 Å². The summed E-state index contributed by atoms with van der Waals surface area (Å²) < 4.78 is 40.3. The summed E-state index contributed by atoms with van der Waals surface area (Å²) in [5.41, 5.74) is 1.58. The van der Waals surface area contributed by atoms with Crippen LogP contribution in [-0.2, 0) is 6.54 Å². The van der Waals surface area contributed by atoms with Crippen LogP contribution in [0.15, 0.2) is 24.3 Å². The van der Waals surface area contributed by atoms with E-state index in [1.54, 1.807) is 6.07 Å². The molecule has 0 saturated heterocycles. The predicted molar refractivity (Wildman–Crippen MR) is 95.8 cm³/mol. The first kappa shape index (κ1) is 16.9. The predicted octanol–water partition coefficient (Wildman–Crippen LogP) is 5.80. The third-order valence-electron chi connectivity index (χ3n) is 4.54. The third kappa shape index (κ3) is 4.14. The van der Waals surface area contributed by atoms with Crippen molar-refractivity contribution in [3.8, 4) is 0 Å². The standard InChI is InChI=1S/C17H20F3IN2/c18-17(19,20)11-23-15-8-4-7-14(13(15)9-16(23)21)22-10-12-5-2-1-3-6-12/h4,7-9,12,22H,1-3,5-6,10-11H2. The van der Waals surface area contributed by atoms with Crippen molar-refractivity contribution >= 4 is 39.2 Å². The molecule has 2 aromatic rings. The molecule has 1 fully saturated rings. The van der Waals surface area contributed by atoms with Gasteiger partial charge in [-0.2, -0.15) is 13.2 Å². The van der Waals surface area contributed by atoms with Crippen LogP contribution in [0.3, 0.4) is 0 Å². The van der Waals surface area contributed by atoms with Gasteiger partial charge in [0, 0.05) is 17.6 Å². The Hall–Kier alpha value is -0.920. The molecule has 0 aliphatic heterocycles. The number of nitrogens with one attached hydrogen (secondary N) is 1. The monoisotopic (exact) mass is 436 g/mol. The highest BCUT2D eigenvalue weighted by Crippen LogP contribution is 2.31. The van der Waals surface area contributed by atoms with Crippen LogP contribution < -0.4 is 5.32 Å². The maximum Gasteiger partial charge on any atom is 0.406 e. The second kappa shape index (κ2) is 6.91. The van der Waals surface area contributed by atoms with Crippen LogP contribution in [0.5, 0.6) is 0 Å². The molecule has 126 valence electrons. The van der Waals surface area contributed by atoms with Crippen LogP contribution >= 0.6 is 22.6 Å². The molecule has 1 aliphatic carbocycles. The van der Waals surface area contributed by atoms with Gasteiger partial charge in [0.25, 0.3) is 0 Å². The summed E-state index contributed by atoms with van der Waals surface area (Å²) in [6, 6.07) is 7.38. The molecule has 6 heteroatoms. The highest BCUT2D eigenvalue weighted by Gasteiger charge is 2.29. The Kier molecular flexibility index (Phi) is 5.08. The highest BCUT2D eigenvalue weighted by molar-refractivity contribution is 14.1. The van der Waals surface area contributed by atoms with Gasteiger partial charge in [0.15, 0.2) is 0 Å². The second-order valence-corrected chi connectivity index (χ2v) is 7.40. The number of benzene rings is 1. The largest absolute Gasteiger partial charge is 0.406 e. The van der Waals surface area contributed by atoms with E-state index in [0.717, 1.165) is 17.6 Å². The Bertz CT molecular complexity index is 672. The number of rotatable bonds is 4. The van der Waals surface area contributed by atoms with Crippen LogP contribution in [0, 0.1) is 9.62 Å². The van der Waals surface area contributed by atoms with Gasteiger partial charge in [-0.3, -0.25) is 0 Å². The summed E-state index contributed by atoms with van der Waals surface area (Å²) in [4.78, 5) is 0. The van der Waals surface area contributed by atoms with Crippen molar-refractivity contribution < 1.29 is 13.2 Å². The van der Waals surface area contributed by atoms with Crippen LogP contribution in [0.1, 0.15) is 32.1 Å². The number of alkyl halides is 3. The molecule has 23 heavy (non-hydrogen) atoms. The number of halogens is 4. The fraction of sp³-hybridized carbons (Fsp3) is 0.529. The van der Waals surface area contributed by atoms with Crippen molar-refractivity contribution in [2.24, 2.45) is 5.92 Å². The van der Waals surface area contributed by atoms with Crippen molar-refractivity contribution in [3.63, 3.8) is 0 Å². The van der Waals surface area contributed by atoms with Gasteiger partial charge in [0.05, 0.1) is 9.22 Å². The summed E-state index contributed by atoms with van der Waals surface area (Å²) in [5, 5.41) is 4.34. The van der Waals surface area contributed by atoms with E-state index >= 15 is 0 Å². The summed E-state index contributed by atoms with van der Waals surface area (Å²) in [6.07, 6.45) is 2.18. The minimum Gasteiger partial charge on any atom is -0.384 e. The van der Waals surface area contributed by atoms with E-state index in [9.17, 15) is 13.2 Å². The minimum atomic E-state index is -4.21. The Balaban J connectivity index is 1.82. The molecule has 1 heterocycles. The lowest BCUT2D eigenvalue weighted by atomic mass is 9.89. The van der Waals surface area contributed by atoms with E-state index in [1.165, 1.54) is 36.7 Å². The number of anilines is 1. The SMILES string of the molecule is FC(F)(F)Cn1c(I)cc2c(NCC3CCCCC3)cccc21. The summed E-state index contributed by atoms with van der Waals surface area (Å²) in [7, 11) is 0. The molecule has 0 bridgehead atoms. The van der Waals surface area contributed by atoms with Gasteiger partial charge in [-0.1, -0.05) is 25.3 Å². The van der Waals surface area contributed by atoms with E-state index < -0.39 is 12.7 Å². The third-order valence-corrected chi connectivity index (χ3v) is 5.43. The molecule has 3 rings (SSSR count). The molecule has 0 unspecified atom stereocenters. The molecule has 1 N–H and O–H groups in total. The van der Waals surface area contributed by atoms with Gasteiger partial charge >= 0.3 is 6.18 Å². The maximum atomic E-state index is 12.8. The maximum absolute atomic E-state index is 12.8. The first-order chi connectivity index (χ1) is 10.9. The Morgan fingerprint density at radius 2 is 1.91 bits per heavy atom. The van der Waals surface area contributed by atoms with E-state index in [4.69, 9.17) is 0 Å². The molecule has 1 aliphatic rings. The summed E-state index contributed by atoms with van der Waals surface area (Å²) >= 11 is 1.98. The first-order valence-electron chi connectivity index (χ1n) is 8.02. The lowest BCUT2D eigenvalue weighted by Crippen LogP contribution is -2.18. The van der Waals surface area contributed by atoms with E-state index in [-0.39, 0.29) is 0 Å². The number of hydrogen-bond donors (Lipinski definition) is 1. The average molecular weight is 436 g/mol. The van der Waals surface area contributed by atoms with Gasteiger partial charge in [-0.05, 0) is 59.5 Å². The lowest BCUT2D eigenvalue weighted by Gasteiger charge is -2.22. The van der Waals surface area contributed by atoms with Crippen LogP contribution in [0.2, 0.25) is 0 Å². The quantitative estimate of drug-likeness (QED) is 0.600. The molecule has 1 aromatic heterocycles. The second-order valence-electron chi connectivity index (χ2n) is 6.29. The van der Waals surface area contributed by atoms with Crippen molar-refractivity contribution in [1.29, 1.82) is 0 Å². The topological polar surface area (TPSA) is 17.0 Å². The molecular formula is C17H20F3IN2. The average Bonchev–Trinajstić information content (AvgIpc) is 2.81. The van der Waals surface area contributed by atoms with E-state index in [0.29, 0.717) is 15.1 Å². The van der Waals surface area contributed by atoms with Gasteiger partial charge < -0.3 is 9.88 Å². The van der Waals surface area contributed by atoms with Crippen molar-refractivity contribution in [3.05, 3.63) is 28.0 Å². The zero-order valence-corrected chi connectivity index (χ0v) is 15.0. The molecule has 0 atom stereocenters. The fourth-order valence-corrected chi connectivity index (χ4v) is 4.13. The minimum absolute atomic E-state index is 0.613. The first-order valence-corrected chi connectivity index (χ1v) is 9.10. The Morgan fingerprint density at radius 3 is 2.61 bits per heavy atom. The smallest absolute Gasteiger partial charge is 0.384 e. The molecule has 1 saturated carbocycles. The van der Waals surface area contributed by atoms with Crippen LogP contribution in [0.4, 0.5) is 18.9 Å². The fourth-order valence-electron chi connectivity index (χ4n) is 3.39. The Labute approximate surface area is 147 Å². The molecule has 0 radical (unpaired) electrons. The molecule has 2 nitrogen and oxygen atoms in total. The Morgan fingerprint density at radius 1 is 1.17 bits per heavy atom. The van der Waals surface area contributed by atoms with Crippen molar-refractivity contribution in [1.82, 2.24) is 4.57 Å². The molecule has 0 spiro atoms. The van der Waals surface area contributed by atoms with Gasteiger partial charge in [0.1, 0.15) is 6.54 Å². The number of hydrogen-bond acceptors (Lipinski definition) is 1. The van der Waals surface area contributed by atoms with E-state index in [1.807, 2.05) is 40.8 Å². The zero-order chi connectivity index (χ0) is 16.4. The van der Waals surface area contributed by atoms with Crippen molar-refractivity contribution in [2.45, 2.75) is 44.8 Å². The summed E-state index contributed by atoms with van der Waals surface area (Å²) in [6.45, 7) is -0.0407. The lowest BCUT2D eigenvalue weighted by molar-refractivity contribution is -0.140. The molecular weight excluding hydrogens is 416 g/mol. The van der Waals surface area contributed by atoms with E-state index in [2.05, 4.69) is 5.32 Å². The van der Waals surface area contributed by atoms with Gasteiger partial charge in [0.2, 0.25) is 0 Å². The number of aromatic nitrogens is 1. The van der Waals surface area contributed by atoms with Gasteiger partial charge in [-0.15, -0.1) is 0 Å². The molecule has 0 amide bonds. The highest BCUT2D eigenvalue weighted by atomic mass is 127.